The van der Waals surface area contributed by atoms with Crippen molar-refractivity contribution in [3.63, 3.8) is 0 Å². The van der Waals surface area contributed by atoms with E-state index in [0.29, 0.717) is 12.8 Å². The molecule has 2 aliphatic rings. The lowest BCUT2D eigenvalue weighted by Gasteiger charge is -2.26. The number of rotatable bonds is 3. The van der Waals surface area contributed by atoms with Crippen LogP contribution in [0.3, 0.4) is 0 Å². The van der Waals surface area contributed by atoms with Crippen molar-refractivity contribution in [3.05, 3.63) is 12.2 Å². The third kappa shape index (κ3) is 4.61. The molecule has 118 valence electrons. The van der Waals surface area contributed by atoms with E-state index in [-0.39, 0.29) is 25.6 Å². The summed E-state index contributed by atoms with van der Waals surface area (Å²) in [6, 6.07) is 0. The smallest absolute Gasteiger partial charge is 0.450 e. The van der Waals surface area contributed by atoms with Gasteiger partial charge in [-0.2, -0.15) is 0 Å². The van der Waals surface area contributed by atoms with Crippen molar-refractivity contribution in [2.75, 3.05) is 13.4 Å². The topological polar surface area (TPSA) is 101 Å². The molecule has 0 amide bonds. The van der Waals surface area contributed by atoms with Gasteiger partial charge in [-0.1, -0.05) is 0 Å². The molecule has 1 aliphatic carbocycles. The van der Waals surface area contributed by atoms with E-state index in [9.17, 15) is 9.59 Å². The van der Waals surface area contributed by atoms with Gasteiger partial charge in [0, 0.05) is 12.8 Å². The third-order valence-corrected chi connectivity index (χ3v) is 3.21. The number of hydrogen-bond acceptors (Lipinski definition) is 7. The Labute approximate surface area is 121 Å². The zero-order chi connectivity index (χ0) is 15.2. The number of carbonyl (C=O) groups excluding carboxylic acids is 1. The van der Waals surface area contributed by atoms with Gasteiger partial charge in [-0.15, -0.1) is 0 Å². The van der Waals surface area contributed by atoms with Gasteiger partial charge >= 0.3 is 12.3 Å². The number of carbonyl (C=O) groups is 2. The largest absolute Gasteiger partial charge is 0.508 e. The van der Waals surface area contributed by atoms with E-state index in [2.05, 4.69) is 0 Å². The highest BCUT2D eigenvalue weighted by molar-refractivity contribution is 5.60. The quantitative estimate of drug-likeness (QED) is 0.621. The van der Waals surface area contributed by atoms with Crippen molar-refractivity contribution in [3.8, 4) is 0 Å². The highest BCUT2D eigenvalue weighted by atomic mass is 16.7. The Morgan fingerprint density at radius 3 is 2.24 bits per heavy atom. The second-order valence-corrected chi connectivity index (χ2v) is 4.65. The van der Waals surface area contributed by atoms with E-state index in [1.165, 1.54) is 0 Å². The summed E-state index contributed by atoms with van der Waals surface area (Å²) in [5.41, 5.74) is 0. The van der Waals surface area contributed by atoms with Crippen LogP contribution in [0.2, 0.25) is 0 Å². The van der Waals surface area contributed by atoms with Crippen molar-refractivity contribution >= 4 is 12.3 Å². The summed E-state index contributed by atoms with van der Waals surface area (Å²) >= 11 is 0. The molecule has 1 N–H and O–H groups in total. The van der Waals surface area contributed by atoms with Gasteiger partial charge < -0.3 is 28.8 Å². The summed E-state index contributed by atoms with van der Waals surface area (Å²) in [5.74, 6) is 0. The van der Waals surface area contributed by atoms with E-state index in [1.807, 2.05) is 0 Å². The van der Waals surface area contributed by atoms with Gasteiger partial charge in [0.2, 0.25) is 0 Å². The minimum Gasteiger partial charge on any atom is -0.450 e. The summed E-state index contributed by atoms with van der Waals surface area (Å²) in [6.45, 7) is 2.02. The minimum absolute atomic E-state index is 0.126. The Hall–Kier alpha value is -1.80. The standard InChI is InChI=1S/C13H18O8/c1-2-17-13(16)21-9-4-3-8(20-12(14)15)5-10-11(6-9)19-7-18-10/h3-4,8-11H,2,5-7H2,1H3,(H,14,15)/b4-3+. The maximum Gasteiger partial charge on any atom is 0.508 e. The fourth-order valence-electron chi connectivity index (χ4n) is 2.31. The average molecular weight is 302 g/mol. The third-order valence-electron chi connectivity index (χ3n) is 3.21. The molecule has 1 saturated heterocycles. The van der Waals surface area contributed by atoms with Gasteiger partial charge in [-0.25, -0.2) is 9.59 Å². The Kier molecular flexibility index (Phi) is 5.40. The molecule has 0 spiro atoms. The fraction of sp³-hybridized carbons (Fsp3) is 0.692. The molecule has 0 bridgehead atoms. The van der Waals surface area contributed by atoms with Crippen molar-refractivity contribution in [2.45, 2.75) is 44.2 Å². The van der Waals surface area contributed by atoms with E-state index >= 15 is 0 Å². The fourth-order valence-corrected chi connectivity index (χ4v) is 2.31. The molecule has 1 fully saturated rings. The highest BCUT2D eigenvalue weighted by Gasteiger charge is 2.36. The lowest BCUT2D eigenvalue weighted by Crippen LogP contribution is -2.35. The molecule has 2 rings (SSSR count). The zero-order valence-corrected chi connectivity index (χ0v) is 11.6. The van der Waals surface area contributed by atoms with Crippen LogP contribution >= 0.6 is 0 Å². The molecule has 0 saturated carbocycles. The van der Waals surface area contributed by atoms with Gasteiger partial charge in [-0.3, -0.25) is 0 Å². The molecule has 0 radical (unpaired) electrons. The van der Waals surface area contributed by atoms with Crippen LogP contribution in [0.5, 0.6) is 0 Å². The number of carboxylic acid groups (broad SMARTS) is 1. The SMILES string of the molecule is CCOC(=O)OC1/C=C/C(OC(=O)O)CC2OCOC2C1. The number of fused-ring (bicyclic) bond motifs is 1. The monoisotopic (exact) mass is 302 g/mol. The van der Waals surface area contributed by atoms with Gasteiger partial charge in [0.1, 0.15) is 19.0 Å². The van der Waals surface area contributed by atoms with Crippen LogP contribution in [-0.4, -0.2) is 55.2 Å². The number of ether oxygens (including phenoxy) is 5. The Morgan fingerprint density at radius 1 is 1.14 bits per heavy atom. The first kappa shape index (κ1) is 15.6. The lowest BCUT2D eigenvalue weighted by molar-refractivity contribution is 0.00594. The van der Waals surface area contributed by atoms with Gasteiger partial charge in [0.15, 0.2) is 0 Å². The first-order valence-electron chi connectivity index (χ1n) is 6.73. The van der Waals surface area contributed by atoms with E-state index in [1.54, 1.807) is 19.1 Å². The maximum absolute atomic E-state index is 11.4. The summed E-state index contributed by atoms with van der Waals surface area (Å²) in [6.07, 6.45) is -0.0782. The summed E-state index contributed by atoms with van der Waals surface area (Å²) in [4.78, 5) is 22.1. The summed E-state index contributed by atoms with van der Waals surface area (Å²) < 4.78 is 25.5. The van der Waals surface area contributed by atoms with Crippen LogP contribution in [0.15, 0.2) is 12.2 Å². The molecule has 8 nitrogen and oxygen atoms in total. The van der Waals surface area contributed by atoms with Crippen LogP contribution < -0.4 is 0 Å². The Morgan fingerprint density at radius 2 is 1.71 bits per heavy atom. The Bertz CT molecular complexity index is 407. The highest BCUT2D eigenvalue weighted by Crippen LogP contribution is 2.26. The Balaban J connectivity index is 2.04. The first-order valence-corrected chi connectivity index (χ1v) is 6.73. The summed E-state index contributed by atoms with van der Waals surface area (Å²) in [7, 11) is 0. The molecular formula is C13H18O8. The molecule has 1 aliphatic heterocycles. The molecule has 8 heteroatoms. The van der Waals surface area contributed by atoms with Gasteiger partial charge in [0.25, 0.3) is 0 Å². The van der Waals surface area contributed by atoms with Crippen LogP contribution in [-0.2, 0) is 23.7 Å². The number of hydrogen-bond donors (Lipinski definition) is 1. The molecule has 21 heavy (non-hydrogen) atoms. The van der Waals surface area contributed by atoms with Gasteiger partial charge in [-0.05, 0) is 19.1 Å². The van der Waals surface area contributed by atoms with E-state index < -0.39 is 24.5 Å². The van der Waals surface area contributed by atoms with Crippen molar-refractivity contribution in [1.82, 2.24) is 0 Å². The van der Waals surface area contributed by atoms with Crippen molar-refractivity contribution in [2.24, 2.45) is 0 Å². The molecule has 0 aromatic carbocycles. The molecule has 1 heterocycles. The average Bonchev–Trinajstić information content (AvgIpc) is 2.80. The summed E-state index contributed by atoms with van der Waals surface area (Å²) in [5, 5.41) is 8.72. The van der Waals surface area contributed by atoms with Crippen molar-refractivity contribution in [1.29, 1.82) is 0 Å². The van der Waals surface area contributed by atoms with E-state index in [4.69, 9.17) is 28.8 Å². The van der Waals surface area contributed by atoms with E-state index in [0.717, 1.165) is 0 Å². The maximum atomic E-state index is 11.4. The normalized spacial score (nSPS) is 33.2. The first-order chi connectivity index (χ1) is 10.1. The predicted octanol–water partition coefficient (Wildman–Crippen LogP) is 1.68. The second kappa shape index (κ2) is 7.28. The molecular weight excluding hydrogens is 284 g/mol. The predicted molar refractivity (Wildman–Crippen MR) is 67.8 cm³/mol. The second-order valence-electron chi connectivity index (χ2n) is 4.65. The van der Waals surface area contributed by atoms with Crippen LogP contribution in [0.4, 0.5) is 9.59 Å². The molecule has 0 aromatic rings. The van der Waals surface area contributed by atoms with Crippen LogP contribution in [0.1, 0.15) is 19.8 Å². The van der Waals surface area contributed by atoms with Crippen LogP contribution in [0, 0.1) is 0 Å². The molecule has 4 atom stereocenters. The zero-order valence-electron chi connectivity index (χ0n) is 11.6. The minimum atomic E-state index is -1.37. The van der Waals surface area contributed by atoms with Crippen LogP contribution in [0.25, 0.3) is 0 Å². The molecule has 4 unspecified atom stereocenters. The lowest BCUT2D eigenvalue weighted by atomic mass is 9.97. The molecule has 0 aromatic heterocycles. The van der Waals surface area contributed by atoms with Crippen molar-refractivity contribution < 1.29 is 38.4 Å². The van der Waals surface area contributed by atoms with Gasteiger partial charge in [0.05, 0.1) is 18.8 Å².